The van der Waals surface area contributed by atoms with Crippen molar-refractivity contribution in [3.63, 3.8) is 0 Å². The summed E-state index contributed by atoms with van der Waals surface area (Å²) >= 11 is 0. The molecule has 2 atom stereocenters. The summed E-state index contributed by atoms with van der Waals surface area (Å²) in [6.45, 7) is 10.7. The van der Waals surface area contributed by atoms with Crippen molar-refractivity contribution >= 4 is 0 Å². The van der Waals surface area contributed by atoms with Crippen LogP contribution in [-0.4, -0.2) is 47.8 Å². The summed E-state index contributed by atoms with van der Waals surface area (Å²) in [6.07, 6.45) is 9.24. The molecule has 0 saturated heterocycles. The van der Waals surface area contributed by atoms with Crippen molar-refractivity contribution in [1.29, 1.82) is 0 Å². The first-order valence-electron chi connectivity index (χ1n) is 9.20. The van der Waals surface area contributed by atoms with Gasteiger partial charge in [-0.2, -0.15) is 0 Å². The minimum atomic E-state index is -0.00987. The first-order valence-corrected chi connectivity index (χ1v) is 9.20. The summed E-state index contributed by atoms with van der Waals surface area (Å²) in [5.74, 6) is 1.60. The number of nitrogens with zero attached hydrogens (tertiary/aromatic N) is 1. The summed E-state index contributed by atoms with van der Waals surface area (Å²) < 4.78 is 0. The van der Waals surface area contributed by atoms with Crippen LogP contribution >= 0.6 is 0 Å². The molecule has 2 unspecified atom stereocenters. The summed E-state index contributed by atoms with van der Waals surface area (Å²) in [6, 6.07) is 0.454. The summed E-state index contributed by atoms with van der Waals surface area (Å²) in [5.41, 5.74) is -0.00987. The van der Waals surface area contributed by atoms with Crippen LogP contribution in [0.3, 0.4) is 0 Å². The van der Waals surface area contributed by atoms with Crippen LogP contribution in [0.2, 0.25) is 0 Å². The van der Waals surface area contributed by atoms with E-state index in [2.05, 4.69) is 31.0 Å². The Morgan fingerprint density at radius 2 is 2.00 bits per heavy atom. The lowest BCUT2D eigenvalue weighted by Gasteiger charge is -2.38. The van der Waals surface area contributed by atoms with Gasteiger partial charge in [-0.15, -0.1) is 0 Å². The summed E-state index contributed by atoms with van der Waals surface area (Å²) in [5, 5.41) is 13.7. The molecule has 21 heavy (non-hydrogen) atoms. The van der Waals surface area contributed by atoms with Crippen LogP contribution in [0, 0.1) is 11.8 Å². The maximum atomic E-state index is 9.97. The van der Waals surface area contributed by atoms with Crippen LogP contribution in [0.15, 0.2) is 0 Å². The van der Waals surface area contributed by atoms with Crippen molar-refractivity contribution in [2.45, 2.75) is 77.3 Å². The van der Waals surface area contributed by atoms with Crippen LogP contribution in [0.1, 0.15) is 65.7 Å². The molecule has 0 aromatic heterocycles. The normalized spacial score (nSPS) is 30.3. The lowest BCUT2D eigenvalue weighted by Crippen LogP contribution is -2.54. The first-order chi connectivity index (χ1) is 10.1. The number of nitrogens with one attached hydrogen (secondary N) is 1. The Hall–Kier alpha value is -0.120. The molecule has 0 bridgehead atoms. The highest BCUT2D eigenvalue weighted by Crippen LogP contribution is 2.38. The molecule has 0 aromatic rings. The molecule has 2 aliphatic carbocycles. The minimum Gasteiger partial charge on any atom is -0.394 e. The van der Waals surface area contributed by atoms with Crippen LogP contribution in [-0.2, 0) is 0 Å². The maximum Gasteiger partial charge on any atom is 0.0616 e. The predicted octanol–water partition coefficient (Wildman–Crippen LogP) is 3.03. The molecule has 2 rings (SSSR count). The third kappa shape index (κ3) is 4.43. The lowest BCUT2D eigenvalue weighted by atomic mass is 9.83. The molecule has 2 fully saturated rings. The Labute approximate surface area is 131 Å². The van der Waals surface area contributed by atoms with Gasteiger partial charge in [0.25, 0.3) is 0 Å². The van der Waals surface area contributed by atoms with Gasteiger partial charge in [-0.1, -0.05) is 33.6 Å². The van der Waals surface area contributed by atoms with Gasteiger partial charge in [0.2, 0.25) is 0 Å². The Balaban J connectivity index is 1.84. The van der Waals surface area contributed by atoms with E-state index in [0.717, 1.165) is 12.3 Å². The molecule has 2 saturated carbocycles. The molecule has 0 aliphatic heterocycles. The molecule has 124 valence electrons. The Morgan fingerprint density at radius 3 is 2.52 bits per heavy atom. The van der Waals surface area contributed by atoms with Gasteiger partial charge >= 0.3 is 0 Å². The largest absolute Gasteiger partial charge is 0.394 e. The molecule has 0 aromatic carbocycles. The van der Waals surface area contributed by atoms with Crippen molar-refractivity contribution in [2.24, 2.45) is 11.8 Å². The minimum absolute atomic E-state index is 0.00987. The Kier molecular flexibility index (Phi) is 6.51. The predicted molar refractivity (Wildman–Crippen MR) is 89.5 cm³/mol. The molecular weight excluding hydrogens is 260 g/mol. The summed E-state index contributed by atoms with van der Waals surface area (Å²) in [4.78, 5) is 2.64. The third-order valence-corrected chi connectivity index (χ3v) is 5.80. The van der Waals surface area contributed by atoms with E-state index in [1.165, 1.54) is 58.2 Å². The maximum absolute atomic E-state index is 9.97. The fourth-order valence-corrected chi connectivity index (χ4v) is 4.34. The van der Waals surface area contributed by atoms with E-state index in [4.69, 9.17) is 0 Å². The molecule has 2 N–H and O–H groups in total. The zero-order valence-corrected chi connectivity index (χ0v) is 14.4. The van der Waals surface area contributed by atoms with Gasteiger partial charge in [0.15, 0.2) is 0 Å². The lowest BCUT2D eigenvalue weighted by molar-refractivity contribution is 0.0987. The van der Waals surface area contributed by atoms with Gasteiger partial charge in [-0.05, 0) is 57.0 Å². The van der Waals surface area contributed by atoms with Crippen molar-refractivity contribution in [3.8, 4) is 0 Å². The SMILES string of the molecule is CCN(CCC1CCCC1(CO)NC(C)C)CC1CCC1. The van der Waals surface area contributed by atoms with E-state index in [1.807, 2.05) is 0 Å². The monoisotopic (exact) mass is 296 g/mol. The van der Waals surface area contributed by atoms with Gasteiger partial charge in [0.05, 0.1) is 6.61 Å². The fourth-order valence-electron chi connectivity index (χ4n) is 4.34. The molecule has 0 radical (unpaired) electrons. The molecule has 0 heterocycles. The standard InChI is InChI=1S/C18H36N2O/c1-4-20(13-16-7-5-8-16)12-10-17-9-6-11-18(17,14-21)19-15(2)3/h15-17,19,21H,4-14H2,1-3H3. The zero-order valence-electron chi connectivity index (χ0n) is 14.4. The average molecular weight is 296 g/mol. The second-order valence-corrected chi connectivity index (χ2v) is 7.68. The Morgan fingerprint density at radius 1 is 1.24 bits per heavy atom. The van der Waals surface area contributed by atoms with Crippen LogP contribution < -0.4 is 5.32 Å². The van der Waals surface area contributed by atoms with Crippen molar-refractivity contribution in [1.82, 2.24) is 10.2 Å². The number of aliphatic hydroxyl groups excluding tert-OH is 1. The van der Waals surface area contributed by atoms with Gasteiger partial charge < -0.3 is 15.3 Å². The van der Waals surface area contributed by atoms with Gasteiger partial charge in [-0.25, -0.2) is 0 Å². The van der Waals surface area contributed by atoms with Crippen LogP contribution in [0.25, 0.3) is 0 Å². The summed E-state index contributed by atoms with van der Waals surface area (Å²) in [7, 11) is 0. The molecule has 0 amide bonds. The number of aliphatic hydroxyl groups is 1. The van der Waals surface area contributed by atoms with E-state index in [0.29, 0.717) is 18.6 Å². The zero-order chi connectivity index (χ0) is 15.3. The highest BCUT2D eigenvalue weighted by atomic mass is 16.3. The van der Waals surface area contributed by atoms with Crippen LogP contribution in [0.4, 0.5) is 0 Å². The quantitative estimate of drug-likeness (QED) is 0.686. The van der Waals surface area contributed by atoms with E-state index in [-0.39, 0.29) is 5.54 Å². The van der Waals surface area contributed by atoms with Crippen molar-refractivity contribution < 1.29 is 5.11 Å². The molecule has 2 aliphatic rings. The van der Waals surface area contributed by atoms with E-state index >= 15 is 0 Å². The van der Waals surface area contributed by atoms with Gasteiger partial charge in [0.1, 0.15) is 0 Å². The van der Waals surface area contributed by atoms with Crippen LogP contribution in [0.5, 0.6) is 0 Å². The fraction of sp³-hybridized carbons (Fsp3) is 1.00. The van der Waals surface area contributed by atoms with E-state index < -0.39 is 0 Å². The Bertz CT molecular complexity index is 304. The topological polar surface area (TPSA) is 35.5 Å². The third-order valence-electron chi connectivity index (χ3n) is 5.80. The molecule has 3 heteroatoms. The average Bonchev–Trinajstić information content (AvgIpc) is 2.79. The van der Waals surface area contributed by atoms with E-state index in [1.54, 1.807) is 0 Å². The molecule has 0 spiro atoms. The van der Waals surface area contributed by atoms with E-state index in [9.17, 15) is 5.11 Å². The molecular formula is C18H36N2O. The number of hydrogen-bond donors (Lipinski definition) is 2. The number of rotatable bonds is 9. The van der Waals surface area contributed by atoms with Crippen molar-refractivity contribution in [3.05, 3.63) is 0 Å². The van der Waals surface area contributed by atoms with Gasteiger partial charge in [0, 0.05) is 18.1 Å². The van der Waals surface area contributed by atoms with Gasteiger partial charge in [-0.3, -0.25) is 0 Å². The van der Waals surface area contributed by atoms with Crippen molar-refractivity contribution in [2.75, 3.05) is 26.2 Å². The smallest absolute Gasteiger partial charge is 0.0616 e. The highest BCUT2D eigenvalue weighted by molar-refractivity contribution is 5.00. The second-order valence-electron chi connectivity index (χ2n) is 7.68. The number of hydrogen-bond acceptors (Lipinski definition) is 3. The first kappa shape index (κ1) is 17.2. The molecule has 3 nitrogen and oxygen atoms in total. The second kappa shape index (κ2) is 7.94. The highest BCUT2D eigenvalue weighted by Gasteiger charge is 2.42.